The molecule has 1 aromatic rings. The van der Waals surface area contributed by atoms with E-state index < -0.39 is 12.0 Å². The minimum absolute atomic E-state index is 0.241. The zero-order valence-electron chi connectivity index (χ0n) is 8.94. The minimum atomic E-state index is -1.01. The van der Waals surface area contributed by atoms with Gasteiger partial charge in [0.05, 0.1) is 4.88 Å². The van der Waals surface area contributed by atoms with Gasteiger partial charge in [0, 0.05) is 17.9 Å². The summed E-state index contributed by atoms with van der Waals surface area (Å²) in [6.45, 7) is 3.51. The molecule has 1 atom stereocenters. The zero-order chi connectivity index (χ0) is 12.3. The van der Waals surface area contributed by atoms with Gasteiger partial charge in [0.2, 0.25) is 5.91 Å². The number of thiophene rings is 1. The molecule has 88 valence electrons. The van der Waals surface area contributed by atoms with Crippen molar-refractivity contribution in [3.05, 3.63) is 20.8 Å². The van der Waals surface area contributed by atoms with E-state index in [-0.39, 0.29) is 5.91 Å². The molecule has 0 spiro atoms. The van der Waals surface area contributed by atoms with E-state index in [9.17, 15) is 14.7 Å². The van der Waals surface area contributed by atoms with E-state index in [0.717, 1.165) is 4.47 Å². The summed E-state index contributed by atoms with van der Waals surface area (Å²) in [6.07, 6.45) is 0. The number of carbonyl (C=O) groups excluding carboxylic acids is 1. The highest BCUT2D eigenvalue weighted by Gasteiger charge is 2.30. The summed E-state index contributed by atoms with van der Waals surface area (Å²) in [7, 11) is 0. The molecule has 0 aromatic carbocycles. The Morgan fingerprint density at radius 2 is 2.25 bits per heavy atom. The first kappa shape index (κ1) is 13.2. The van der Waals surface area contributed by atoms with Crippen molar-refractivity contribution in [3.63, 3.8) is 0 Å². The number of carboxylic acids is 1. The van der Waals surface area contributed by atoms with Crippen molar-refractivity contribution in [1.29, 1.82) is 0 Å². The molecule has 6 heteroatoms. The quantitative estimate of drug-likeness (QED) is 0.930. The van der Waals surface area contributed by atoms with Gasteiger partial charge < -0.3 is 10.0 Å². The molecule has 0 aliphatic rings. The monoisotopic (exact) mass is 305 g/mol. The second kappa shape index (κ2) is 5.45. The standard InChI is InChI=1S/C10H12BrNO3S/c1-3-12(6(2)13)8(10(14)15)9-7(11)4-5-16-9/h4-5,8H,3H2,1-2H3,(H,14,15). The molecule has 4 nitrogen and oxygen atoms in total. The fraction of sp³-hybridized carbons (Fsp3) is 0.400. The van der Waals surface area contributed by atoms with Gasteiger partial charge in [-0.25, -0.2) is 4.79 Å². The summed E-state index contributed by atoms with van der Waals surface area (Å²) >= 11 is 4.62. The molecule has 1 heterocycles. The van der Waals surface area contributed by atoms with Crippen LogP contribution in [0.2, 0.25) is 0 Å². The minimum Gasteiger partial charge on any atom is -0.479 e. The van der Waals surface area contributed by atoms with Crippen LogP contribution in [0.1, 0.15) is 24.8 Å². The van der Waals surface area contributed by atoms with Crippen LogP contribution < -0.4 is 0 Å². The summed E-state index contributed by atoms with van der Waals surface area (Å²) in [6, 6.07) is 0.876. The lowest BCUT2D eigenvalue weighted by atomic mass is 10.2. The lowest BCUT2D eigenvalue weighted by Crippen LogP contribution is -2.37. The van der Waals surface area contributed by atoms with Gasteiger partial charge in [0.25, 0.3) is 0 Å². The van der Waals surface area contributed by atoms with Crippen LogP contribution in [0.15, 0.2) is 15.9 Å². The molecule has 1 rings (SSSR count). The van der Waals surface area contributed by atoms with E-state index in [1.165, 1.54) is 23.2 Å². The number of halogens is 1. The number of carboxylic acid groups (broad SMARTS) is 1. The maximum absolute atomic E-state index is 11.4. The lowest BCUT2D eigenvalue weighted by molar-refractivity contribution is -0.149. The fourth-order valence-corrected chi connectivity index (χ4v) is 3.17. The predicted octanol–water partition coefficient (Wildman–Crippen LogP) is 2.50. The maximum atomic E-state index is 11.4. The Morgan fingerprint density at radius 1 is 1.62 bits per heavy atom. The van der Waals surface area contributed by atoms with Gasteiger partial charge in [-0.1, -0.05) is 0 Å². The molecule has 1 unspecified atom stereocenters. The normalized spacial score (nSPS) is 12.2. The van der Waals surface area contributed by atoms with E-state index in [0.29, 0.717) is 11.4 Å². The molecule has 1 N–H and O–H groups in total. The van der Waals surface area contributed by atoms with Crippen LogP contribution in [-0.2, 0) is 9.59 Å². The number of rotatable bonds is 4. The summed E-state index contributed by atoms with van der Waals surface area (Å²) < 4.78 is 0.726. The molecule has 0 radical (unpaired) electrons. The first-order valence-electron chi connectivity index (χ1n) is 4.72. The number of carbonyl (C=O) groups is 2. The Balaban J connectivity index is 3.14. The van der Waals surface area contributed by atoms with Crippen LogP contribution in [0.3, 0.4) is 0 Å². The van der Waals surface area contributed by atoms with Crippen LogP contribution >= 0.6 is 27.3 Å². The average molecular weight is 306 g/mol. The molecular weight excluding hydrogens is 294 g/mol. The molecule has 0 fully saturated rings. The molecule has 0 saturated heterocycles. The van der Waals surface area contributed by atoms with E-state index in [1.54, 1.807) is 18.4 Å². The number of amides is 1. The third-order valence-electron chi connectivity index (χ3n) is 2.18. The molecule has 16 heavy (non-hydrogen) atoms. The van der Waals surface area contributed by atoms with Crippen LogP contribution in [0.25, 0.3) is 0 Å². The molecule has 1 amide bonds. The zero-order valence-corrected chi connectivity index (χ0v) is 11.3. The third kappa shape index (κ3) is 2.62. The van der Waals surface area contributed by atoms with Gasteiger partial charge in [-0.05, 0) is 34.3 Å². The molecule has 0 aliphatic heterocycles. The SMILES string of the molecule is CCN(C(C)=O)C(C(=O)O)c1sccc1Br. The van der Waals surface area contributed by atoms with Crippen molar-refractivity contribution in [2.45, 2.75) is 19.9 Å². The van der Waals surface area contributed by atoms with Gasteiger partial charge in [0.15, 0.2) is 6.04 Å². The first-order valence-corrected chi connectivity index (χ1v) is 6.39. The number of likely N-dealkylation sites (N-methyl/N-ethyl adjacent to an activating group) is 1. The van der Waals surface area contributed by atoms with Crippen LogP contribution in [0.5, 0.6) is 0 Å². The first-order chi connectivity index (χ1) is 7.49. The highest BCUT2D eigenvalue weighted by molar-refractivity contribution is 9.10. The second-order valence-electron chi connectivity index (χ2n) is 3.18. The average Bonchev–Trinajstić information content (AvgIpc) is 2.59. The van der Waals surface area contributed by atoms with E-state index in [4.69, 9.17) is 0 Å². The summed E-state index contributed by atoms with van der Waals surface area (Å²) in [5.74, 6) is -1.25. The molecule has 1 aromatic heterocycles. The summed E-state index contributed by atoms with van der Waals surface area (Å²) in [5.41, 5.74) is 0. The van der Waals surface area contributed by atoms with E-state index >= 15 is 0 Å². The van der Waals surface area contributed by atoms with Crippen LogP contribution in [0, 0.1) is 0 Å². The third-order valence-corrected chi connectivity index (χ3v) is 4.11. The van der Waals surface area contributed by atoms with Crippen LogP contribution in [-0.4, -0.2) is 28.4 Å². The predicted molar refractivity (Wildman–Crippen MR) is 65.5 cm³/mol. The van der Waals surface area contributed by atoms with Crippen molar-refractivity contribution >= 4 is 39.1 Å². The van der Waals surface area contributed by atoms with Gasteiger partial charge in [-0.2, -0.15) is 0 Å². The topological polar surface area (TPSA) is 57.6 Å². The molecule has 0 saturated carbocycles. The second-order valence-corrected chi connectivity index (χ2v) is 4.98. The lowest BCUT2D eigenvalue weighted by Gasteiger charge is -2.26. The van der Waals surface area contributed by atoms with E-state index in [1.807, 2.05) is 0 Å². The fourth-order valence-electron chi connectivity index (χ4n) is 1.47. The van der Waals surface area contributed by atoms with Crippen LogP contribution in [0.4, 0.5) is 0 Å². The molecule has 0 aliphatic carbocycles. The largest absolute Gasteiger partial charge is 0.479 e. The number of aliphatic carboxylic acids is 1. The van der Waals surface area contributed by atoms with Crippen molar-refractivity contribution in [3.8, 4) is 0 Å². The summed E-state index contributed by atoms with van der Waals surface area (Å²) in [5, 5.41) is 11.0. The Hall–Kier alpha value is -0.880. The van der Waals surface area contributed by atoms with E-state index in [2.05, 4.69) is 15.9 Å². The molecule has 0 bridgehead atoms. The smallest absolute Gasteiger partial charge is 0.332 e. The van der Waals surface area contributed by atoms with Gasteiger partial charge in [-0.15, -0.1) is 11.3 Å². The summed E-state index contributed by atoms with van der Waals surface area (Å²) in [4.78, 5) is 24.6. The van der Waals surface area contributed by atoms with Crippen molar-refractivity contribution in [2.24, 2.45) is 0 Å². The van der Waals surface area contributed by atoms with Gasteiger partial charge in [0.1, 0.15) is 0 Å². The van der Waals surface area contributed by atoms with Crippen molar-refractivity contribution in [1.82, 2.24) is 4.90 Å². The van der Waals surface area contributed by atoms with Crippen molar-refractivity contribution in [2.75, 3.05) is 6.54 Å². The van der Waals surface area contributed by atoms with Gasteiger partial charge >= 0.3 is 5.97 Å². The number of hydrogen-bond donors (Lipinski definition) is 1. The number of hydrogen-bond acceptors (Lipinski definition) is 3. The number of nitrogens with zero attached hydrogens (tertiary/aromatic N) is 1. The van der Waals surface area contributed by atoms with Gasteiger partial charge in [-0.3, -0.25) is 4.79 Å². The highest BCUT2D eigenvalue weighted by Crippen LogP contribution is 2.32. The maximum Gasteiger partial charge on any atom is 0.332 e. The Kier molecular flexibility index (Phi) is 4.49. The highest BCUT2D eigenvalue weighted by atomic mass is 79.9. The Labute approximate surface area is 106 Å². The Bertz CT molecular complexity index is 405. The van der Waals surface area contributed by atoms with Crippen molar-refractivity contribution < 1.29 is 14.7 Å². The molecular formula is C10H12BrNO3S. The Morgan fingerprint density at radius 3 is 2.56 bits per heavy atom.